The second-order valence-electron chi connectivity index (χ2n) is 5.32. The molecule has 0 saturated heterocycles. The fraction of sp³-hybridized carbons (Fsp3) is 0.867. The van der Waals surface area contributed by atoms with E-state index in [2.05, 4.69) is 6.92 Å². The van der Waals surface area contributed by atoms with Gasteiger partial charge < -0.3 is 15.7 Å². The zero-order chi connectivity index (χ0) is 15.6. The highest BCUT2D eigenvalue weighted by Crippen LogP contribution is 2.33. The second kappa shape index (κ2) is 10.1. The van der Waals surface area contributed by atoms with Crippen molar-refractivity contribution >= 4 is 23.1 Å². The van der Waals surface area contributed by atoms with Crippen LogP contribution in [0.15, 0.2) is 0 Å². The first-order valence-electron chi connectivity index (χ1n) is 7.70. The molecule has 0 aromatic heterocycles. The Kier molecular flexibility index (Phi) is 9.76. The Labute approximate surface area is 128 Å². The number of hydrogen-bond acceptors (Lipinski definition) is 3. The number of unbranched alkanes of at least 4 members (excludes halogenated alkanes) is 1. The van der Waals surface area contributed by atoms with Gasteiger partial charge in [0.15, 0.2) is 0 Å². The Hall–Kier alpha value is -0.680. The van der Waals surface area contributed by atoms with Crippen LogP contribution < -0.4 is 5.73 Å². The summed E-state index contributed by atoms with van der Waals surface area (Å²) in [4.78, 5) is 15.0. The lowest BCUT2D eigenvalue weighted by molar-refractivity contribution is -0.139. The number of aliphatic hydroxyl groups is 1. The minimum absolute atomic E-state index is 0.00352. The molecule has 0 unspecified atom stereocenters. The zero-order valence-electron chi connectivity index (χ0n) is 13.2. The quantitative estimate of drug-likeness (QED) is 0.575. The maximum atomic E-state index is 12.9. The first kappa shape index (κ1) is 19.3. The topological polar surface area (TPSA) is 66.6 Å². The average molecular weight is 302 g/mol. The van der Waals surface area contributed by atoms with E-state index in [0.717, 1.165) is 25.7 Å². The lowest BCUT2D eigenvalue weighted by atomic mass is 9.77. The summed E-state index contributed by atoms with van der Waals surface area (Å²) in [6.45, 7) is 7.16. The van der Waals surface area contributed by atoms with E-state index in [1.807, 2.05) is 13.8 Å². The molecule has 0 aliphatic heterocycles. The standard InChI is InChI=1S/C15H30N2O2S/c1-4-7-10-17(11-12-18)14(19)15(8-5-2,9-6-3)13(16)20/h18H,4-12H2,1-3H3,(H2,16,20). The third-order valence-electron chi connectivity index (χ3n) is 3.67. The van der Waals surface area contributed by atoms with E-state index >= 15 is 0 Å². The molecule has 0 aromatic carbocycles. The molecule has 20 heavy (non-hydrogen) atoms. The average Bonchev–Trinajstić information content (AvgIpc) is 2.42. The molecule has 1 amide bonds. The maximum Gasteiger partial charge on any atom is 0.235 e. The molecule has 0 aliphatic rings. The van der Waals surface area contributed by atoms with Crippen LogP contribution in [0.3, 0.4) is 0 Å². The van der Waals surface area contributed by atoms with Crippen molar-refractivity contribution in [3.63, 3.8) is 0 Å². The minimum Gasteiger partial charge on any atom is -0.395 e. The Morgan fingerprint density at radius 3 is 2.05 bits per heavy atom. The number of amides is 1. The normalized spacial score (nSPS) is 11.4. The zero-order valence-corrected chi connectivity index (χ0v) is 14.0. The third-order valence-corrected chi connectivity index (χ3v) is 4.06. The Balaban J connectivity index is 5.27. The number of carbonyl (C=O) groups excluding carboxylic acids is 1. The Morgan fingerprint density at radius 2 is 1.70 bits per heavy atom. The fourth-order valence-corrected chi connectivity index (χ4v) is 2.92. The van der Waals surface area contributed by atoms with Crippen LogP contribution in [0, 0.1) is 5.41 Å². The van der Waals surface area contributed by atoms with Crippen LogP contribution in [0.4, 0.5) is 0 Å². The highest BCUT2D eigenvalue weighted by molar-refractivity contribution is 7.80. The molecule has 0 spiro atoms. The molecule has 0 aromatic rings. The molecule has 0 radical (unpaired) electrons. The predicted molar refractivity (Wildman–Crippen MR) is 87.6 cm³/mol. The van der Waals surface area contributed by atoms with E-state index in [1.165, 1.54) is 0 Å². The summed E-state index contributed by atoms with van der Waals surface area (Å²) < 4.78 is 0. The summed E-state index contributed by atoms with van der Waals surface area (Å²) in [5.74, 6) is -0.00352. The third kappa shape index (κ3) is 5.02. The number of rotatable bonds is 11. The molecular formula is C15H30N2O2S. The Morgan fingerprint density at radius 1 is 1.15 bits per heavy atom. The van der Waals surface area contributed by atoms with E-state index < -0.39 is 5.41 Å². The van der Waals surface area contributed by atoms with Crippen molar-refractivity contribution in [1.82, 2.24) is 4.90 Å². The molecule has 0 bridgehead atoms. The fourth-order valence-electron chi connectivity index (χ4n) is 2.63. The van der Waals surface area contributed by atoms with Crippen molar-refractivity contribution in [1.29, 1.82) is 0 Å². The lowest BCUT2D eigenvalue weighted by Crippen LogP contribution is -2.51. The van der Waals surface area contributed by atoms with Gasteiger partial charge in [-0.2, -0.15) is 0 Å². The second-order valence-corrected chi connectivity index (χ2v) is 5.76. The van der Waals surface area contributed by atoms with Crippen molar-refractivity contribution in [3.05, 3.63) is 0 Å². The van der Waals surface area contributed by atoms with Gasteiger partial charge in [-0.1, -0.05) is 52.3 Å². The van der Waals surface area contributed by atoms with Crippen LogP contribution in [0.1, 0.15) is 59.3 Å². The van der Waals surface area contributed by atoms with Crippen LogP contribution in [0.2, 0.25) is 0 Å². The van der Waals surface area contributed by atoms with Gasteiger partial charge in [0.1, 0.15) is 0 Å². The molecule has 0 heterocycles. The van der Waals surface area contributed by atoms with Gasteiger partial charge in [0.2, 0.25) is 5.91 Å². The molecule has 0 atom stereocenters. The van der Waals surface area contributed by atoms with Crippen LogP contribution in [-0.4, -0.2) is 40.6 Å². The van der Waals surface area contributed by atoms with Gasteiger partial charge in [-0.25, -0.2) is 0 Å². The number of carbonyl (C=O) groups is 1. The highest BCUT2D eigenvalue weighted by atomic mass is 32.1. The largest absolute Gasteiger partial charge is 0.395 e. The molecule has 3 N–H and O–H groups in total. The number of hydrogen-bond donors (Lipinski definition) is 2. The van der Waals surface area contributed by atoms with Crippen LogP contribution >= 0.6 is 12.2 Å². The molecule has 0 fully saturated rings. The molecule has 0 aliphatic carbocycles. The number of nitrogens with zero attached hydrogens (tertiary/aromatic N) is 1. The Bertz CT molecular complexity index is 302. The molecule has 0 saturated carbocycles. The van der Waals surface area contributed by atoms with E-state index in [1.54, 1.807) is 4.90 Å². The van der Waals surface area contributed by atoms with Crippen molar-refractivity contribution < 1.29 is 9.90 Å². The van der Waals surface area contributed by atoms with Gasteiger partial charge in [-0.3, -0.25) is 4.79 Å². The summed E-state index contributed by atoms with van der Waals surface area (Å²) in [6.07, 6.45) is 5.04. The summed E-state index contributed by atoms with van der Waals surface area (Å²) in [7, 11) is 0. The van der Waals surface area contributed by atoms with Crippen LogP contribution in [-0.2, 0) is 4.79 Å². The van der Waals surface area contributed by atoms with Crippen molar-refractivity contribution in [2.45, 2.75) is 59.3 Å². The maximum absolute atomic E-state index is 12.9. The predicted octanol–water partition coefficient (Wildman–Crippen LogP) is 2.48. The molecule has 4 nitrogen and oxygen atoms in total. The van der Waals surface area contributed by atoms with Crippen molar-refractivity contribution in [3.8, 4) is 0 Å². The first-order valence-corrected chi connectivity index (χ1v) is 8.11. The van der Waals surface area contributed by atoms with Gasteiger partial charge in [-0.05, 0) is 19.3 Å². The minimum atomic E-state index is -0.734. The monoisotopic (exact) mass is 302 g/mol. The molecule has 0 rings (SSSR count). The van der Waals surface area contributed by atoms with Gasteiger partial charge >= 0.3 is 0 Å². The van der Waals surface area contributed by atoms with Gasteiger partial charge in [0.05, 0.1) is 17.0 Å². The van der Waals surface area contributed by atoms with E-state index in [9.17, 15) is 9.90 Å². The smallest absolute Gasteiger partial charge is 0.235 e. The van der Waals surface area contributed by atoms with E-state index in [4.69, 9.17) is 18.0 Å². The number of aliphatic hydroxyl groups excluding tert-OH is 1. The van der Waals surface area contributed by atoms with Gasteiger partial charge in [0, 0.05) is 13.1 Å². The SMILES string of the molecule is CCCCN(CCO)C(=O)C(CCC)(CCC)C(N)=S. The number of thiocarbonyl (C=S) groups is 1. The summed E-state index contributed by atoms with van der Waals surface area (Å²) >= 11 is 5.22. The highest BCUT2D eigenvalue weighted by Gasteiger charge is 2.42. The van der Waals surface area contributed by atoms with Crippen LogP contribution in [0.25, 0.3) is 0 Å². The van der Waals surface area contributed by atoms with E-state index in [0.29, 0.717) is 30.9 Å². The summed E-state index contributed by atoms with van der Waals surface area (Å²) in [5, 5.41) is 9.19. The number of nitrogens with two attached hydrogens (primary N) is 1. The molecule has 118 valence electrons. The van der Waals surface area contributed by atoms with Gasteiger partial charge in [-0.15, -0.1) is 0 Å². The molecule has 5 heteroatoms. The molecular weight excluding hydrogens is 272 g/mol. The van der Waals surface area contributed by atoms with Crippen molar-refractivity contribution in [2.24, 2.45) is 11.1 Å². The first-order chi connectivity index (χ1) is 9.49. The van der Waals surface area contributed by atoms with Gasteiger partial charge in [0.25, 0.3) is 0 Å². The van der Waals surface area contributed by atoms with Crippen molar-refractivity contribution in [2.75, 3.05) is 19.7 Å². The van der Waals surface area contributed by atoms with Crippen LogP contribution in [0.5, 0.6) is 0 Å². The van der Waals surface area contributed by atoms with E-state index in [-0.39, 0.29) is 12.5 Å². The lowest BCUT2D eigenvalue weighted by Gasteiger charge is -2.36. The summed E-state index contributed by atoms with van der Waals surface area (Å²) in [5.41, 5.74) is 5.19. The summed E-state index contributed by atoms with van der Waals surface area (Å²) in [6, 6.07) is 0.